The second-order valence-corrected chi connectivity index (χ2v) is 7.49. The van der Waals surface area contributed by atoms with E-state index in [0.717, 1.165) is 44.0 Å². The molecule has 0 aromatic heterocycles. The summed E-state index contributed by atoms with van der Waals surface area (Å²) in [6.45, 7) is 7.06. The standard InChI is InChI=1S/C23H28ClN3O3/c1-4-26-9-11-27(12-10-26)22-7-6-18(24)15-21(22)25-23(28)8-5-17-13-19(29-2)16-20(14-17)30-3/h5-8,13-16H,4,9-12H2,1-3H3,(H,25,28)/b8-5+. The molecule has 0 atom stereocenters. The topological polar surface area (TPSA) is 54.0 Å². The van der Waals surface area contributed by atoms with Crippen LogP contribution in [0.3, 0.4) is 0 Å². The van der Waals surface area contributed by atoms with Crippen molar-refractivity contribution in [3.63, 3.8) is 0 Å². The van der Waals surface area contributed by atoms with Crippen LogP contribution in [0.1, 0.15) is 12.5 Å². The number of methoxy groups -OCH3 is 2. The summed E-state index contributed by atoms with van der Waals surface area (Å²) < 4.78 is 10.5. The fourth-order valence-corrected chi connectivity index (χ4v) is 3.63. The van der Waals surface area contributed by atoms with Crippen LogP contribution in [0.5, 0.6) is 11.5 Å². The van der Waals surface area contributed by atoms with Gasteiger partial charge in [0.1, 0.15) is 11.5 Å². The quantitative estimate of drug-likeness (QED) is 0.670. The normalized spacial score (nSPS) is 14.7. The first-order valence-corrected chi connectivity index (χ1v) is 10.4. The zero-order valence-corrected chi connectivity index (χ0v) is 18.4. The molecule has 1 N–H and O–H groups in total. The average Bonchev–Trinajstić information content (AvgIpc) is 2.77. The van der Waals surface area contributed by atoms with Gasteiger partial charge in [0.15, 0.2) is 0 Å². The van der Waals surface area contributed by atoms with Crippen LogP contribution in [-0.2, 0) is 4.79 Å². The van der Waals surface area contributed by atoms with E-state index in [2.05, 4.69) is 22.0 Å². The van der Waals surface area contributed by atoms with Crippen molar-refractivity contribution < 1.29 is 14.3 Å². The number of nitrogens with one attached hydrogen (secondary N) is 1. The first-order valence-electron chi connectivity index (χ1n) is 10.0. The lowest BCUT2D eigenvalue weighted by Gasteiger charge is -2.36. The van der Waals surface area contributed by atoms with Gasteiger partial charge >= 0.3 is 0 Å². The van der Waals surface area contributed by atoms with Crippen molar-refractivity contribution in [3.05, 3.63) is 53.1 Å². The fraction of sp³-hybridized carbons (Fsp3) is 0.348. The zero-order valence-electron chi connectivity index (χ0n) is 17.7. The third kappa shape index (κ3) is 5.68. The van der Waals surface area contributed by atoms with Gasteiger partial charge in [0, 0.05) is 43.3 Å². The van der Waals surface area contributed by atoms with Gasteiger partial charge in [-0.2, -0.15) is 0 Å². The van der Waals surface area contributed by atoms with Crippen molar-refractivity contribution in [3.8, 4) is 11.5 Å². The molecule has 1 aliphatic rings. The van der Waals surface area contributed by atoms with E-state index in [4.69, 9.17) is 21.1 Å². The molecular weight excluding hydrogens is 402 g/mol. The first kappa shape index (κ1) is 22.0. The van der Waals surface area contributed by atoms with Gasteiger partial charge in [-0.3, -0.25) is 4.79 Å². The Balaban J connectivity index is 1.74. The number of ether oxygens (including phenoxy) is 2. The monoisotopic (exact) mass is 429 g/mol. The highest BCUT2D eigenvalue weighted by Gasteiger charge is 2.19. The third-order valence-corrected chi connectivity index (χ3v) is 5.41. The van der Waals surface area contributed by atoms with E-state index in [9.17, 15) is 4.79 Å². The van der Waals surface area contributed by atoms with Crippen molar-refractivity contribution >= 4 is 35.0 Å². The van der Waals surface area contributed by atoms with Gasteiger partial charge in [0.2, 0.25) is 5.91 Å². The van der Waals surface area contributed by atoms with Crippen LogP contribution in [0, 0.1) is 0 Å². The number of hydrogen-bond acceptors (Lipinski definition) is 5. The molecule has 0 bridgehead atoms. The van der Waals surface area contributed by atoms with E-state index in [0.29, 0.717) is 22.2 Å². The maximum Gasteiger partial charge on any atom is 0.248 e. The van der Waals surface area contributed by atoms with Crippen LogP contribution >= 0.6 is 11.6 Å². The molecule has 1 amide bonds. The summed E-state index contributed by atoms with van der Waals surface area (Å²) in [6, 6.07) is 11.1. The number of anilines is 2. The molecule has 0 radical (unpaired) electrons. The Morgan fingerprint density at radius 2 is 1.73 bits per heavy atom. The number of benzene rings is 2. The van der Waals surface area contributed by atoms with Crippen LogP contribution in [0.4, 0.5) is 11.4 Å². The summed E-state index contributed by atoms with van der Waals surface area (Å²) >= 11 is 6.20. The number of carbonyl (C=O) groups is 1. The first-order chi connectivity index (χ1) is 14.5. The Bertz CT molecular complexity index is 886. The SMILES string of the molecule is CCN1CCN(c2ccc(Cl)cc2NC(=O)/C=C/c2cc(OC)cc(OC)c2)CC1. The smallest absolute Gasteiger partial charge is 0.248 e. The Morgan fingerprint density at radius 1 is 1.07 bits per heavy atom. The summed E-state index contributed by atoms with van der Waals surface area (Å²) in [5.74, 6) is 1.10. The molecule has 0 saturated carbocycles. The molecule has 3 rings (SSSR count). The van der Waals surface area contributed by atoms with Gasteiger partial charge in [0.25, 0.3) is 0 Å². The van der Waals surface area contributed by atoms with Gasteiger partial charge in [-0.05, 0) is 48.5 Å². The lowest BCUT2D eigenvalue weighted by Crippen LogP contribution is -2.46. The van der Waals surface area contributed by atoms with Crippen molar-refractivity contribution in [2.24, 2.45) is 0 Å². The third-order valence-electron chi connectivity index (χ3n) is 5.18. The summed E-state index contributed by atoms with van der Waals surface area (Å²) in [5.41, 5.74) is 2.51. The number of likely N-dealkylation sites (N-methyl/N-ethyl adjacent to an activating group) is 1. The van der Waals surface area contributed by atoms with Gasteiger partial charge < -0.3 is 24.6 Å². The summed E-state index contributed by atoms with van der Waals surface area (Å²) in [5, 5.41) is 3.56. The Morgan fingerprint density at radius 3 is 2.33 bits per heavy atom. The van der Waals surface area contributed by atoms with E-state index >= 15 is 0 Å². The number of amides is 1. The number of halogens is 1. The van der Waals surface area contributed by atoms with E-state index in [1.54, 1.807) is 32.4 Å². The molecule has 1 aliphatic heterocycles. The minimum absolute atomic E-state index is 0.229. The molecular formula is C23H28ClN3O3. The van der Waals surface area contributed by atoms with Crippen LogP contribution < -0.4 is 19.7 Å². The molecule has 1 fully saturated rings. The minimum atomic E-state index is -0.229. The number of hydrogen-bond donors (Lipinski definition) is 1. The molecule has 6 nitrogen and oxygen atoms in total. The molecule has 0 unspecified atom stereocenters. The zero-order chi connectivity index (χ0) is 21.5. The van der Waals surface area contributed by atoms with Gasteiger partial charge in [-0.1, -0.05) is 18.5 Å². The van der Waals surface area contributed by atoms with E-state index in [1.165, 1.54) is 6.08 Å². The summed E-state index contributed by atoms with van der Waals surface area (Å²) in [7, 11) is 3.19. The second-order valence-electron chi connectivity index (χ2n) is 7.05. The van der Waals surface area contributed by atoms with Crippen molar-refractivity contribution in [2.45, 2.75) is 6.92 Å². The highest BCUT2D eigenvalue weighted by molar-refractivity contribution is 6.31. The van der Waals surface area contributed by atoms with Gasteiger partial charge in [-0.25, -0.2) is 0 Å². The largest absolute Gasteiger partial charge is 0.497 e. The minimum Gasteiger partial charge on any atom is -0.497 e. The molecule has 160 valence electrons. The van der Waals surface area contributed by atoms with Crippen molar-refractivity contribution in [2.75, 3.05) is 57.2 Å². The van der Waals surface area contributed by atoms with Gasteiger partial charge in [0.05, 0.1) is 25.6 Å². The summed E-state index contributed by atoms with van der Waals surface area (Å²) in [6.07, 6.45) is 3.22. The number of nitrogens with zero attached hydrogens (tertiary/aromatic N) is 2. The van der Waals surface area contributed by atoms with E-state index < -0.39 is 0 Å². The van der Waals surface area contributed by atoms with Crippen molar-refractivity contribution in [1.29, 1.82) is 0 Å². The lowest BCUT2D eigenvalue weighted by atomic mass is 10.1. The molecule has 2 aromatic rings. The average molecular weight is 430 g/mol. The van der Waals surface area contributed by atoms with Crippen LogP contribution in [0.25, 0.3) is 6.08 Å². The van der Waals surface area contributed by atoms with Gasteiger partial charge in [-0.15, -0.1) is 0 Å². The number of carbonyl (C=O) groups excluding carboxylic acids is 1. The molecule has 2 aromatic carbocycles. The highest BCUT2D eigenvalue weighted by atomic mass is 35.5. The predicted octanol–water partition coefficient (Wildman–Crippen LogP) is 4.15. The van der Waals surface area contributed by atoms with Crippen LogP contribution in [-0.4, -0.2) is 57.8 Å². The maximum atomic E-state index is 12.6. The van der Waals surface area contributed by atoms with Crippen molar-refractivity contribution in [1.82, 2.24) is 4.90 Å². The molecule has 0 aliphatic carbocycles. The Kier molecular flexibility index (Phi) is 7.60. The summed E-state index contributed by atoms with van der Waals surface area (Å²) in [4.78, 5) is 17.3. The van der Waals surface area contributed by atoms with Crippen LogP contribution in [0.2, 0.25) is 5.02 Å². The molecule has 1 saturated heterocycles. The second kappa shape index (κ2) is 10.4. The Labute approximate surface area is 183 Å². The van der Waals surface area contributed by atoms with E-state index in [-0.39, 0.29) is 5.91 Å². The number of rotatable bonds is 7. The maximum absolute atomic E-state index is 12.6. The molecule has 30 heavy (non-hydrogen) atoms. The number of piperazine rings is 1. The molecule has 7 heteroatoms. The molecule has 0 spiro atoms. The molecule has 1 heterocycles. The highest BCUT2D eigenvalue weighted by Crippen LogP contribution is 2.30. The Hall–Kier alpha value is -2.70. The fourth-order valence-electron chi connectivity index (χ4n) is 3.46. The predicted molar refractivity (Wildman–Crippen MR) is 123 cm³/mol. The van der Waals surface area contributed by atoms with E-state index in [1.807, 2.05) is 24.3 Å². The van der Waals surface area contributed by atoms with Crippen LogP contribution in [0.15, 0.2) is 42.5 Å². The lowest BCUT2D eigenvalue weighted by molar-refractivity contribution is -0.111.